The van der Waals surface area contributed by atoms with Gasteiger partial charge in [-0.2, -0.15) is 5.26 Å². The number of fused-ring (bicyclic) bond motifs is 1. The van der Waals surface area contributed by atoms with Crippen molar-refractivity contribution in [1.82, 2.24) is 0 Å². The first-order valence-corrected chi connectivity index (χ1v) is 7.74. The number of methoxy groups -OCH3 is 1. The van der Waals surface area contributed by atoms with Crippen LogP contribution < -0.4 is 10.1 Å². The van der Waals surface area contributed by atoms with Crippen molar-refractivity contribution in [2.45, 2.75) is 13.8 Å². The number of nitrogens with one attached hydrogen (secondary N) is 1. The van der Waals surface area contributed by atoms with Gasteiger partial charge in [0.25, 0.3) is 5.91 Å². The van der Waals surface area contributed by atoms with Crippen LogP contribution in [0.1, 0.15) is 26.6 Å². The van der Waals surface area contributed by atoms with E-state index in [9.17, 15) is 10.1 Å². The van der Waals surface area contributed by atoms with Gasteiger partial charge < -0.3 is 14.5 Å². The molecular weight excluding hydrogens is 312 g/mol. The Labute approximate surface area is 137 Å². The molecule has 0 aliphatic carbocycles. The standard InChI is InChI=1S/C17H14N2O3S/c1-9-10(2)23-17(12(9)8-18)19-16(20)14-7-11-5-4-6-13(21-3)15(11)22-14/h4-7H,1-3H3,(H,19,20). The molecule has 0 aliphatic heterocycles. The Hall–Kier alpha value is -2.78. The van der Waals surface area contributed by atoms with Crippen molar-refractivity contribution < 1.29 is 13.9 Å². The number of furan rings is 1. The van der Waals surface area contributed by atoms with Gasteiger partial charge in [0, 0.05) is 10.3 Å². The predicted octanol–water partition coefficient (Wildman–Crippen LogP) is 4.24. The zero-order valence-electron chi connectivity index (χ0n) is 12.9. The summed E-state index contributed by atoms with van der Waals surface area (Å²) in [5.41, 5.74) is 1.91. The van der Waals surface area contributed by atoms with E-state index in [2.05, 4.69) is 11.4 Å². The van der Waals surface area contributed by atoms with Crippen LogP contribution in [0.4, 0.5) is 5.00 Å². The molecule has 5 nitrogen and oxygen atoms in total. The van der Waals surface area contributed by atoms with Crippen molar-refractivity contribution in [2.24, 2.45) is 0 Å². The molecule has 0 spiro atoms. The molecule has 1 N–H and O–H groups in total. The Morgan fingerprint density at radius 2 is 2.17 bits per heavy atom. The number of carbonyl (C=O) groups excluding carboxylic acids is 1. The minimum atomic E-state index is -0.388. The maximum absolute atomic E-state index is 12.4. The number of nitriles is 1. The lowest BCUT2D eigenvalue weighted by atomic mass is 10.2. The number of hydrogen-bond donors (Lipinski definition) is 1. The van der Waals surface area contributed by atoms with E-state index in [1.807, 2.05) is 26.0 Å². The van der Waals surface area contributed by atoms with Crippen molar-refractivity contribution in [1.29, 1.82) is 5.26 Å². The maximum Gasteiger partial charge on any atom is 0.292 e. The highest BCUT2D eigenvalue weighted by molar-refractivity contribution is 7.16. The Balaban J connectivity index is 1.96. The van der Waals surface area contributed by atoms with Gasteiger partial charge in [0.15, 0.2) is 17.1 Å². The monoisotopic (exact) mass is 326 g/mol. The highest BCUT2D eigenvalue weighted by Gasteiger charge is 2.19. The highest BCUT2D eigenvalue weighted by atomic mass is 32.1. The molecular formula is C17H14N2O3S. The van der Waals surface area contributed by atoms with E-state index in [4.69, 9.17) is 9.15 Å². The third-order valence-electron chi connectivity index (χ3n) is 3.68. The number of aryl methyl sites for hydroxylation is 1. The van der Waals surface area contributed by atoms with Gasteiger partial charge in [0.2, 0.25) is 0 Å². The summed E-state index contributed by atoms with van der Waals surface area (Å²) in [5, 5.41) is 13.3. The van der Waals surface area contributed by atoms with Gasteiger partial charge in [-0.3, -0.25) is 4.79 Å². The molecule has 0 bridgehead atoms. The number of amides is 1. The van der Waals surface area contributed by atoms with Gasteiger partial charge in [0.05, 0.1) is 12.7 Å². The third-order valence-corrected chi connectivity index (χ3v) is 4.80. The third kappa shape index (κ3) is 2.56. The first kappa shape index (κ1) is 15.1. The van der Waals surface area contributed by atoms with Crippen molar-refractivity contribution in [2.75, 3.05) is 12.4 Å². The molecule has 0 atom stereocenters. The number of carbonyl (C=O) groups is 1. The number of hydrogen-bond acceptors (Lipinski definition) is 5. The van der Waals surface area contributed by atoms with Crippen LogP contribution >= 0.6 is 11.3 Å². The predicted molar refractivity (Wildman–Crippen MR) is 89.2 cm³/mol. The number of para-hydroxylation sites is 1. The van der Waals surface area contributed by atoms with Gasteiger partial charge in [-0.25, -0.2) is 0 Å². The molecule has 1 aromatic carbocycles. The lowest BCUT2D eigenvalue weighted by Crippen LogP contribution is -2.10. The Bertz CT molecular complexity index is 947. The second-order valence-corrected chi connectivity index (χ2v) is 6.27. The minimum absolute atomic E-state index is 0.178. The largest absolute Gasteiger partial charge is 0.493 e. The summed E-state index contributed by atoms with van der Waals surface area (Å²) in [5.74, 6) is 0.361. The van der Waals surface area contributed by atoms with E-state index in [0.717, 1.165) is 15.8 Å². The number of benzene rings is 1. The van der Waals surface area contributed by atoms with Gasteiger partial charge in [-0.15, -0.1) is 11.3 Å². The Morgan fingerprint density at radius 1 is 1.39 bits per heavy atom. The molecule has 0 saturated heterocycles. The van der Waals surface area contributed by atoms with Crippen LogP contribution in [0.3, 0.4) is 0 Å². The first-order chi connectivity index (χ1) is 11.0. The molecule has 23 heavy (non-hydrogen) atoms. The molecule has 0 fully saturated rings. The average Bonchev–Trinajstić information content (AvgIpc) is 3.09. The maximum atomic E-state index is 12.4. The molecule has 1 amide bonds. The van der Waals surface area contributed by atoms with E-state index in [1.54, 1.807) is 19.2 Å². The minimum Gasteiger partial charge on any atom is -0.493 e. The molecule has 3 rings (SSSR count). The van der Waals surface area contributed by atoms with Crippen LogP contribution in [-0.2, 0) is 0 Å². The zero-order chi connectivity index (χ0) is 16.6. The number of thiophene rings is 1. The second-order valence-electron chi connectivity index (χ2n) is 5.04. The quantitative estimate of drug-likeness (QED) is 0.781. The summed E-state index contributed by atoms with van der Waals surface area (Å²) in [6, 6.07) is 9.24. The zero-order valence-corrected chi connectivity index (χ0v) is 13.7. The summed E-state index contributed by atoms with van der Waals surface area (Å²) in [4.78, 5) is 13.4. The van der Waals surface area contributed by atoms with E-state index in [0.29, 0.717) is 21.9 Å². The van der Waals surface area contributed by atoms with Gasteiger partial charge >= 0.3 is 0 Å². The normalized spacial score (nSPS) is 10.5. The summed E-state index contributed by atoms with van der Waals surface area (Å²) >= 11 is 1.38. The first-order valence-electron chi connectivity index (χ1n) is 6.93. The molecule has 0 radical (unpaired) electrons. The molecule has 0 aliphatic rings. The molecule has 0 saturated carbocycles. The summed E-state index contributed by atoms with van der Waals surface area (Å²) < 4.78 is 10.8. The van der Waals surface area contributed by atoms with Gasteiger partial charge in [0.1, 0.15) is 11.1 Å². The van der Waals surface area contributed by atoms with Crippen LogP contribution in [0.15, 0.2) is 28.7 Å². The second kappa shape index (κ2) is 5.78. The van der Waals surface area contributed by atoms with Crippen molar-refractivity contribution in [3.05, 3.63) is 46.0 Å². The SMILES string of the molecule is COc1cccc2cc(C(=O)Nc3sc(C)c(C)c3C#N)oc12. The lowest BCUT2D eigenvalue weighted by Gasteiger charge is -2.01. The molecule has 116 valence electrons. The van der Waals surface area contributed by atoms with E-state index in [-0.39, 0.29) is 11.7 Å². The van der Waals surface area contributed by atoms with E-state index in [1.165, 1.54) is 11.3 Å². The summed E-state index contributed by atoms with van der Waals surface area (Å²) in [6.07, 6.45) is 0. The molecule has 3 aromatic rings. The van der Waals surface area contributed by atoms with Crippen LogP contribution in [-0.4, -0.2) is 13.0 Å². The van der Waals surface area contributed by atoms with Crippen LogP contribution in [0, 0.1) is 25.2 Å². The van der Waals surface area contributed by atoms with Crippen LogP contribution in [0.25, 0.3) is 11.0 Å². The Morgan fingerprint density at radius 3 is 2.87 bits per heavy atom. The molecule has 2 aromatic heterocycles. The lowest BCUT2D eigenvalue weighted by molar-refractivity contribution is 0.0999. The van der Waals surface area contributed by atoms with Crippen LogP contribution in [0.2, 0.25) is 0 Å². The van der Waals surface area contributed by atoms with E-state index >= 15 is 0 Å². The average molecular weight is 326 g/mol. The fourth-order valence-electron chi connectivity index (χ4n) is 2.32. The van der Waals surface area contributed by atoms with E-state index < -0.39 is 0 Å². The number of ether oxygens (including phenoxy) is 1. The number of nitrogens with zero attached hydrogens (tertiary/aromatic N) is 1. The van der Waals surface area contributed by atoms with Crippen molar-refractivity contribution in [3.8, 4) is 11.8 Å². The summed E-state index contributed by atoms with van der Waals surface area (Å²) in [7, 11) is 1.55. The summed E-state index contributed by atoms with van der Waals surface area (Å²) in [6.45, 7) is 3.79. The number of rotatable bonds is 3. The van der Waals surface area contributed by atoms with Crippen LogP contribution in [0.5, 0.6) is 5.75 Å². The fraction of sp³-hybridized carbons (Fsp3) is 0.176. The van der Waals surface area contributed by atoms with Gasteiger partial charge in [-0.1, -0.05) is 12.1 Å². The molecule has 2 heterocycles. The van der Waals surface area contributed by atoms with Crippen molar-refractivity contribution >= 4 is 33.2 Å². The van der Waals surface area contributed by atoms with Crippen molar-refractivity contribution in [3.63, 3.8) is 0 Å². The molecule has 0 unspecified atom stereocenters. The molecule has 6 heteroatoms. The number of anilines is 1. The topological polar surface area (TPSA) is 75.3 Å². The highest BCUT2D eigenvalue weighted by Crippen LogP contribution is 2.33. The van der Waals surface area contributed by atoms with Gasteiger partial charge in [-0.05, 0) is 31.5 Å². The fourth-order valence-corrected chi connectivity index (χ4v) is 3.33. The smallest absolute Gasteiger partial charge is 0.292 e. The Kier molecular flexibility index (Phi) is 3.80.